The van der Waals surface area contributed by atoms with Crippen LogP contribution in [0.1, 0.15) is 42.5 Å². The van der Waals surface area contributed by atoms with E-state index in [2.05, 4.69) is 4.98 Å². The van der Waals surface area contributed by atoms with Gasteiger partial charge in [0, 0.05) is 36.7 Å². The van der Waals surface area contributed by atoms with Gasteiger partial charge in [-0.3, -0.25) is 9.59 Å². The van der Waals surface area contributed by atoms with Gasteiger partial charge in [-0.15, -0.1) is 0 Å². The summed E-state index contributed by atoms with van der Waals surface area (Å²) in [6.45, 7) is 0.947. The highest BCUT2D eigenvalue weighted by atomic mass is 16.4. The molecule has 1 amide bonds. The number of carbonyl (C=O) groups excluding carboxylic acids is 1. The number of hydrogen-bond donors (Lipinski definition) is 1. The molecule has 1 N–H and O–H groups in total. The van der Waals surface area contributed by atoms with Gasteiger partial charge in [0.05, 0.1) is 11.7 Å². The lowest BCUT2D eigenvalue weighted by atomic mass is 9.75. The molecule has 1 aromatic heterocycles. The van der Waals surface area contributed by atoms with Gasteiger partial charge in [0.25, 0.3) is 5.91 Å². The largest absolute Gasteiger partial charge is 0.481 e. The second-order valence-corrected chi connectivity index (χ2v) is 7.58. The summed E-state index contributed by atoms with van der Waals surface area (Å²) >= 11 is 0. The van der Waals surface area contributed by atoms with Crippen molar-refractivity contribution >= 4 is 11.9 Å². The predicted octanol–water partition coefficient (Wildman–Crippen LogP) is 2.98. The molecule has 0 bridgehead atoms. The summed E-state index contributed by atoms with van der Waals surface area (Å²) in [5, 5.41) is 9.83. The van der Waals surface area contributed by atoms with Gasteiger partial charge in [-0.25, -0.2) is 4.98 Å². The molecule has 0 unspecified atom stereocenters. The molecule has 26 heavy (non-hydrogen) atoms. The maximum absolute atomic E-state index is 12.9. The van der Waals surface area contributed by atoms with Crippen molar-refractivity contribution in [1.82, 2.24) is 14.5 Å². The van der Waals surface area contributed by atoms with Crippen LogP contribution in [0.2, 0.25) is 0 Å². The lowest BCUT2D eigenvalue weighted by Crippen LogP contribution is -2.50. The number of amides is 1. The van der Waals surface area contributed by atoms with Crippen LogP contribution in [0.3, 0.4) is 0 Å². The van der Waals surface area contributed by atoms with Gasteiger partial charge in [0.1, 0.15) is 0 Å². The van der Waals surface area contributed by atoms with E-state index in [1.807, 2.05) is 22.9 Å². The molecule has 1 aromatic carbocycles. The fourth-order valence-electron chi connectivity index (χ4n) is 3.98. The fourth-order valence-corrected chi connectivity index (χ4v) is 3.98. The summed E-state index contributed by atoms with van der Waals surface area (Å²) in [4.78, 5) is 30.6. The summed E-state index contributed by atoms with van der Waals surface area (Å²) < 4.78 is 1.88. The Hall–Kier alpha value is -2.63. The van der Waals surface area contributed by atoms with Crippen molar-refractivity contribution in [3.8, 4) is 5.69 Å². The summed E-state index contributed by atoms with van der Waals surface area (Å²) in [5.41, 5.74) is 0.763. The van der Waals surface area contributed by atoms with Crippen molar-refractivity contribution in [3.05, 3.63) is 48.5 Å². The maximum Gasteiger partial charge on any atom is 0.311 e. The van der Waals surface area contributed by atoms with E-state index in [0.717, 1.165) is 24.9 Å². The molecule has 2 aromatic rings. The lowest BCUT2D eigenvalue weighted by molar-refractivity contribution is -0.152. The standard InChI is InChI=1S/C20H23N3O3/c24-18(16-4-6-17(7-5-16)23-11-9-21-14-23)22-10-1-8-20(13-22,19(25)26)12-15-2-3-15/h4-7,9,11,14-15H,1-3,8,10,12-13H2,(H,25,26)/t20-/m0/s1. The molecule has 6 heteroatoms. The van der Waals surface area contributed by atoms with Crippen molar-refractivity contribution in [2.45, 2.75) is 32.1 Å². The molecule has 1 aliphatic carbocycles. The number of aliphatic carboxylic acids is 1. The minimum Gasteiger partial charge on any atom is -0.481 e. The van der Waals surface area contributed by atoms with Gasteiger partial charge in [0.2, 0.25) is 0 Å². The Morgan fingerprint density at radius 2 is 2.00 bits per heavy atom. The topological polar surface area (TPSA) is 75.4 Å². The van der Waals surface area contributed by atoms with Crippen LogP contribution in [0.15, 0.2) is 43.0 Å². The second-order valence-electron chi connectivity index (χ2n) is 7.58. The number of carboxylic acid groups (broad SMARTS) is 1. The Balaban J connectivity index is 1.51. The predicted molar refractivity (Wildman–Crippen MR) is 96.1 cm³/mol. The molecular weight excluding hydrogens is 330 g/mol. The molecule has 1 atom stereocenters. The highest BCUT2D eigenvalue weighted by molar-refractivity contribution is 5.95. The summed E-state index contributed by atoms with van der Waals surface area (Å²) in [5.74, 6) is -0.309. The SMILES string of the molecule is O=C(c1ccc(-n2ccnc2)cc1)N1CCC[C@@](CC2CC2)(C(=O)O)C1. The van der Waals surface area contributed by atoms with Gasteiger partial charge in [-0.1, -0.05) is 12.8 Å². The number of hydrogen-bond acceptors (Lipinski definition) is 3. The molecule has 0 spiro atoms. The number of aromatic nitrogens is 2. The lowest BCUT2D eigenvalue weighted by Gasteiger charge is -2.40. The molecule has 4 rings (SSSR count). The molecule has 1 aliphatic heterocycles. The number of carbonyl (C=O) groups is 2. The Morgan fingerprint density at radius 3 is 2.62 bits per heavy atom. The average molecular weight is 353 g/mol. The zero-order valence-electron chi connectivity index (χ0n) is 14.7. The number of piperidine rings is 1. The molecule has 0 radical (unpaired) electrons. The van der Waals surface area contributed by atoms with Crippen molar-refractivity contribution in [2.75, 3.05) is 13.1 Å². The van der Waals surface area contributed by atoms with E-state index < -0.39 is 11.4 Å². The minimum atomic E-state index is -0.772. The highest BCUT2D eigenvalue weighted by Crippen LogP contribution is 2.45. The van der Waals surface area contributed by atoms with E-state index in [1.54, 1.807) is 29.6 Å². The molecule has 1 saturated heterocycles. The monoisotopic (exact) mass is 353 g/mol. The van der Waals surface area contributed by atoms with Crippen molar-refractivity contribution in [3.63, 3.8) is 0 Å². The van der Waals surface area contributed by atoms with Crippen molar-refractivity contribution in [2.24, 2.45) is 11.3 Å². The van der Waals surface area contributed by atoms with E-state index in [-0.39, 0.29) is 5.91 Å². The molecule has 2 fully saturated rings. The first-order valence-electron chi connectivity index (χ1n) is 9.18. The maximum atomic E-state index is 12.9. The zero-order chi connectivity index (χ0) is 18.1. The Labute approximate surface area is 152 Å². The Kier molecular flexibility index (Phi) is 4.26. The highest BCUT2D eigenvalue weighted by Gasteiger charge is 2.46. The van der Waals surface area contributed by atoms with E-state index in [0.29, 0.717) is 37.4 Å². The smallest absolute Gasteiger partial charge is 0.311 e. The van der Waals surface area contributed by atoms with Crippen LogP contribution >= 0.6 is 0 Å². The third-order valence-corrected chi connectivity index (χ3v) is 5.61. The zero-order valence-corrected chi connectivity index (χ0v) is 14.7. The van der Waals surface area contributed by atoms with Gasteiger partial charge < -0.3 is 14.6 Å². The van der Waals surface area contributed by atoms with Crippen LogP contribution in [0.25, 0.3) is 5.69 Å². The normalized spacial score (nSPS) is 23.0. The van der Waals surface area contributed by atoms with Gasteiger partial charge in [-0.2, -0.15) is 0 Å². The van der Waals surface area contributed by atoms with Crippen LogP contribution in [0.4, 0.5) is 0 Å². The first-order chi connectivity index (χ1) is 12.6. The van der Waals surface area contributed by atoms with Crippen LogP contribution < -0.4 is 0 Å². The quantitative estimate of drug-likeness (QED) is 0.897. The number of likely N-dealkylation sites (tertiary alicyclic amines) is 1. The second kappa shape index (κ2) is 6.59. The van der Waals surface area contributed by atoms with Crippen molar-refractivity contribution < 1.29 is 14.7 Å². The van der Waals surface area contributed by atoms with E-state index >= 15 is 0 Å². The number of benzene rings is 1. The molecule has 136 valence electrons. The Bertz CT molecular complexity index is 796. The summed E-state index contributed by atoms with van der Waals surface area (Å²) in [7, 11) is 0. The van der Waals surface area contributed by atoms with Gasteiger partial charge in [0.15, 0.2) is 0 Å². The van der Waals surface area contributed by atoms with Crippen LogP contribution in [-0.2, 0) is 4.79 Å². The number of imidazole rings is 1. The average Bonchev–Trinajstić information content (AvgIpc) is 3.29. The fraction of sp³-hybridized carbons (Fsp3) is 0.450. The number of carboxylic acids is 1. The minimum absolute atomic E-state index is 0.0803. The molecule has 2 heterocycles. The first-order valence-corrected chi connectivity index (χ1v) is 9.18. The van der Waals surface area contributed by atoms with Gasteiger partial charge in [-0.05, 0) is 49.4 Å². The summed E-state index contributed by atoms with van der Waals surface area (Å²) in [6, 6.07) is 7.37. The first kappa shape index (κ1) is 16.8. The molecule has 1 saturated carbocycles. The van der Waals surface area contributed by atoms with E-state index in [4.69, 9.17) is 0 Å². The van der Waals surface area contributed by atoms with Crippen LogP contribution in [0, 0.1) is 11.3 Å². The van der Waals surface area contributed by atoms with E-state index in [1.165, 1.54) is 0 Å². The van der Waals surface area contributed by atoms with Crippen LogP contribution in [0.5, 0.6) is 0 Å². The van der Waals surface area contributed by atoms with Gasteiger partial charge >= 0.3 is 5.97 Å². The number of rotatable bonds is 5. The molecule has 6 nitrogen and oxygen atoms in total. The van der Waals surface area contributed by atoms with E-state index in [9.17, 15) is 14.7 Å². The molecule has 2 aliphatic rings. The number of nitrogens with zero attached hydrogens (tertiary/aromatic N) is 3. The van der Waals surface area contributed by atoms with Crippen LogP contribution in [-0.4, -0.2) is 44.5 Å². The third-order valence-electron chi connectivity index (χ3n) is 5.61. The van der Waals surface area contributed by atoms with Crippen molar-refractivity contribution in [1.29, 1.82) is 0 Å². The Morgan fingerprint density at radius 1 is 1.23 bits per heavy atom. The third kappa shape index (κ3) is 3.23. The summed E-state index contributed by atoms with van der Waals surface area (Å²) in [6.07, 6.45) is 9.63. The molecular formula is C20H23N3O3.